The third-order valence-electron chi connectivity index (χ3n) is 3.15. The normalized spacial score (nSPS) is 12.6. The predicted octanol–water partition coefficient (Wildman–Crippen LogP) is 2.37. The van der Waals surface area contributed by atoms with Crippen LogP contribution >= 0.6 is 0 Å². The number of carbonyl (C=O) groups is 1. The van der Waals surface area contributed by atoms with Gasteiger partial charge in [0.15, 0.2) is 0 Å². The van der Waals surface area contributed by atoms with Crippen molar-refractivity contribution in [2.45, 2.75) is 26.4 Å². The first-order valence-corrected chi connectivity index (χ1v) is 6.87. The molecule has 4 nitrogen and oxygen atoms in total. The molecule has 1 aromatic heterocycles. The van der Waals surface area contributed by atoms with Gasteiger partial charge in [-0.1, -0.05) is 38.1 Å². The first kappa shape index (κ1) is 14.5. The van der Waals surface area contributed by atoms with Crippen LogP contribution in [0.2, 0.25) is 0 Å². The van der Waals surface area contributed by atoms with Crippen molar-refractivity contribution in [2.24, 2.45) is 5.92 Å². The molecular weight excluding hydrogens is 252 g/mol. The summed E-state index contributed by atoms with van der Waals surface area (Å²) in [5.41, 5.74) is 0.542. The van der Waals surface area contributed by atoms with Crippen molar-refractivity contribution in [1.82, 2.24) is 10.3 Å². The van der Waals surface area contributed by atoms with Crippen LogP contribution in [-0.4, -0.2) is 28.6 Å². The predicted molar refractivity (Wildman–Crippen MR) is 79.5 cm³/mol. The van der Waals surface area contributed by atoms with Crippen molar-refractivity contribution in [2.75, 3.05) is 6.54 Å². The first-order chi connectivity index (χ1) is 9.58. The largest absolute Gasteiger partial charge is 0.391 e. The fourth-order valence-electron chi connectivity index (χ4n) is 2.23. The van der Waals surface area contributed by atoms with Crippen LogP contribution in [0.3, 0.4) is 0 Å². The summed E-state index contributed by atoms with van der Waals surface area (Å²) in [6.45, 7) is 4.35. The Morgan fingerprint density at radius 1 is 1.30 bits per heavy atom. The van der Waals surface area contributed by atoms with Gasteiger partial charge in [0.25, 0.3) is 5.91 Å². The molecule has 0 aliphatic heterocycles. The molecule has 4 heteroatoms. The highest BCUT2D eigenvalue weighted by molar-refractivity contribution is 6.06. The van der Waals surface area contributed by atoms with Crippen molar-refractivity contribution in [3.63, 3.8) is 0 Å². The minimum absolute atomic E-state index is 0.197. The van der Waals surface area contributed by atoms with E-state index in [2.05, 4.69) is 10.3 Å². The molecule has 0 aliphatic rings. The van der Waals surface area contributed by atoms with E-state index in [1.54, 1.807) is 12.4 Å². The van der Waals surface area contributed by atoms with Crippen molar-refractivity contribution >= 4 is 16.7 Å². The van der Waals surface area contributed by atoms with Crippen LogP contribution in [0.25, 0.3) is 10.8 Å². The second kappa shape index (κ2) is 6.48. The molecule has 2 aromatic rings. The van der Waals surface area contributed by atoms with Crippen LogP contribution < -0.4 is 5.32 Å². The fraction of sp³-hybridized carbons (Fsp3) is 0.375. The summed E-state index contributed by atoms with van der Waals surface area (Å²) in [4.78, 5) is 16.3. The molecule has 1 unspecified atom stereocenters. The standard InChI is InChI=1S/C16H20N2O2/c1-11(2)7-13(19)9-18-16(20)15-10-17-8-12-5-3-4-6-14(12)15/h3-6,8,10-11,13,19H,7,9H2,1-2H3,(H,18,20). The molecule has 0 bridgehead atoms. The zero-order chi connectivity index (χ0) is 14.5. The van der Waals surface area contributed by atoms with E-state index >= 15 is 0 Å². The van der Waals surface area contributed by atoms with E-state index in [1.807, 2.05) is 38.1 Å². The van der Waals surface area contributed by atoms with Crippen LogP contribution in [0.4, 0.5) is 0 Å². The highest BCUT2D eigenvalue weighted by Crippen LogP contribution is 2.16. The number of aliphatic hydroxyl groups excluding tert-OH is 1. The van der Waals surface area contributed by atoms with Gasteiger partial charge < -0.3 is 10.4 Å². The molecule has 0 saturated carbocycles. The van der Waals surface area contributed by atoms with E-state index in [-0.39, 0.29) is 12.5 Å². The second-order valence-electron chi connectivity index (χ2n) is 5.40. The Labute approximate surface area is 118 Å². The number of hydrogen-bond donors (Lipinski definition) is 2. The van der Waals surface area contributed by atoms with Crippen LogP contribution in [0.5, 0.6) is 0 Å². The molecule has 0 fully saturated rings. The summed E-state index contributed by atoms with van der Waals surface area (Å²) in [6, 6.07) is 7.63. The maximum atomic E-state index is 12.2. The summed E-state index contributed by atoms with van der Waals surface area (Å²) < 4.78 is 0. The number of hydrogen-bond acceptors (Lipinski definition) is 3. The lowest BCUT2D eigenvalue weighted by Gasteiger charge is -2.14. The van der Waals surface area contributed by atoms with Gasteiger partial charge in [0.1, 0.15) is 0 Å². The molecule has 0 saturated heterocycles. The molecule has 106 valence electrons. The molecule has 1 amide bonds. The van der Waals surface area contributed by atoms with Gasteiger partial charge in [0, 0.05) is 24.3 Å². The number of carbonyl (C=O) groups excluding carboxylic acids is 1. The monoisotopic (exact) mass is 272 g/mol. The number of pyridine rings is 1. The maximum absolute atomic E-state index is 12.2. The van der Waals surface area contributed by atoms with E-state index in [4.69, 9.17) is 0 Å². The quantitative estimate of drug-likeness (QED) is 0.878. The number of benzene rings is 1. The second-order valence-corrected chi connectivity index (χ2v) is 5.40. The van der Waals surface area contributed by atoms with E-state index in [1.165, 1.54) is 0 Å². The van der Waals surface area contributed by atoms with E-state index in [9.17, 15) is 9.90 Å². The number of aliphatic hydroxyl groups is 1. The Morgan fingerprint density at radius 2 is 2.05 bits per heavy atom. The third-order valence-corrected chi connectivity index (χ3v) is 3.15. The Bertz CT molecular complexity index is 591. The van der Waals surface area contributed by atoms with Crippen molar-refractivity contribution in [3.8, 4) is 0 Å². The Hall–Kier alpha value is -1.94. The van der Waals surface area contributed by atoms with E-state index in [0.29, 0.717) is 17.9 Å². The average molecular weight is 272 g/mol. The summed E-state index contributed by atoms with van der Waals surface area (Å²) in [6.07, 6.45) is 3.46. The Kier molecular flexibility index (Phi) is 4.69. The van der Waals surface area contributed by atoms with Crippen LogP contribution in [-0.2, 0) is 0 Å². The molecule has 1 atom stereocenters. The smallest absolute Gasteiger partial charge is 0.253 e. The molecule has 2 rings (SSSR count). The van der Waals surface area contributed by atoms with Gasteiger partial charge in [-0.3, -0.25) is 9.78 Å². The van der Waals surface area contributed by atoms with Gasteiger partial charge in [-0.15, -0.1) is 0 Å². The average Bonchev–Trinajstić information content (AvgIpc) is 2.43. The number of amides is 1. The van der Waals surface area contributed by atoms with Gasteiger partial charge >= 0.3 is 0 Å². The molecule has 1 aromatic carbocycles. The van der Waals surface area contributed by atoms with Gasteiger partial charge in [0.05, 0.1) is 11.7 Å². The molecule has 0 aliphatic carbocycles. The van der Waals surface area contributed by atoms with Crippen molar-refractivity contribution in [1.29, 1.82) is 0 Å². The molecule has 2 N–H and O–H groups in total. The van der Waals surface area contributed by atoms with Gasteiger partial charge in [-0.2, -0.15) is 0 Å². The number of fused-ring (bicyclic) bond motifs is 1. The van der Waals surface area contributed by atoms with Crippen LogP contribution in [0.15, 0.2) is 36.7 Å². The number of nitrogens with one attached hydrogen (secondary N) is 1. The summed E-state index contributed by atoms with van der Waals surface area (Å²) in [7, 11) is 0. The molecule has 0 spiro atoms. The van der Waals surface area contributed by atoms with E-state index < -0.39 is 6.10 Å². The minimum Gasteiger partial charge on any atom is -0.391 e. The zero-order valence-corrected chi connectivity index (χ0v) is 11.8. The van der Waals surface area contributed by atoms with Crippen molar-refractivity contribution in [3.05, 3.63) is 42.2 Å². The summed E-state index contributed by atoms with van der Waals surface area (Å²) in [5, 5.41) is 14.4. The zero-order valence-electron chi connectivity index (χ0n) is 11.8. The molecule has 0 radical (unpaired) electrons. The van der Waals surface area contributed by atoms with E-state index in [0.717, 1.165) is 10.8 Å². The first-order valence-electron chi connectivity index (χ1n) is 6.87. The summed E-state index contributed by atoms with van der Waals surface area (Å²) in [5.74, 6) is 0.207. The van der Waals surface area contributed by atoms with Crippen LogP contribution in [0.1, 0.15) is 30.6 Å². The molecular formula is C16H20N2O2. The van der Waals surface area contributed by atoms with Crippen LogP contribution in [0, 0.1) is 5.92 Å². The van der Waals surface area contributed by atoms with Gasteiger partial charge in [0.2, 0.25) is 0 Å². The lowest BCUT2D eigenvalue weighted by Crippen LogP contribution is -2.32. The number of nitrogens with zero attached hydrogens (tertiary/aromatic N) is 1. The topological polar surface area (TPSA) is 62.2 Å². The third kappa shape index (κ3) is 3.54. The highest BCUT2D eigenvalue weighted by atomic mass is 16.3. The van der Waals surface area contributed by atoms with Gasteiger partial charge in [-0.25, -0.2) is 0 Å². The summed E-state index contributed by atoms with van der Waals surface area (Å²) >= 11 is 0. The highest BCUT2D eigenvalue weighted by Gasteiger charge is 2.12. The van der Waals surface area contributed by atoms with Crippen molar-refractivity contribution < 1.29 is 9.90 Å². The van der Waals surface area contributed by atoms with Gasteiger partial charge in [-0.05, 0) is 17.7 Å². The maximum Gasteiger partial charge on any atom is 0.253 e. The lowest BCUT2D eigenvalue weighted by atomic mass is 10.1. The lowest BCUT2D eigenvalue weighted by molar-refractivity contribution is 0.0901. The molecule has 20 heavy (non-hydrogen) atoms. The molecule has 1 heterocycles. The number of aromatic nitrogens is 1. The fourth-order valence-corrected chi connectivity index (χ4v) is 2.23. The Morgan fingerprint density at radius 3 is 2.80 bits per heavy atom. The Balaban J connectivity index is 2.08. The SMILES string of the molecule is CC(C)CC(O)CNC(=O)c1cncc2ccccc12. The minimum atomic E-state index is -0.512. The number of rotatable bonds is 5.